The van der Waals surface area contributed by atoms with Crippen LogP contribution in [0.25, 0.3) is 10.8 Å². The van der Waals surface area contributed by atoms with Crippen LogP contribution in [-0.2, 0) is 6.54 Å². The van der Waals surface area contributed by atoms with Gasteiger partial charge in [0, 0.05) is 29.6 Å². The molecule has 1 saturated carbocycles. The normalized spacial score (nSPS) is 14.7. The fraction of sp³-hybridized carbons (Fsp3) is 0.375. The van der Waals surface area contributed by atoms with E-state index in [1.807, 2.05) is 41.1 Å². The highest BCUT2D eigenvalue weighted by molar-refractivity contribution is 6.07. The molecule has 0 radical (unpaired) electrons. The Morgan fingerprint density at radius 1 is 1.03 bits per heavy atom. The van der Waals surface area contributed by atoms with Gasteiger partial charge in [-0.25, -0.2) is 0 Å². The Morgan fingerprint density at radius 2 is 1.72 bits per heavy atom. The summed E-state index contributed by atoms with van der Waals surface area (Å²) in [6, 6.07) is 14.3. The SMILES string of the molecule is COc1cc2cn(Cc3ccccc3)c(C(=O)NC3CCCCC3)c2cc1OC. The van der Waals surface area contributed by atoms with Crippen LogP contribution < -0.4 is 14.8 Å². The van der Waals surface area contributed by atoms with Gasteiger partial charge in [0.25, 0.3) is 5.91 Å². The van der Waals surface area contributed by atoms with Gasteiger partial charge in [0.2, 0.25) is 0 Å². The molecule has 1 heterocycles. The van der Waals surface area contributed by atoms with Crippen molar-refractivity contribution in [3.8, 4) is 11.5 Å². The first-order valence-corrected chi connectivity index (χ1v) is 10.3. The molecular formula is C24H28N2O3. The number of carbonyl (C=O) groups excluding carboxylic acids is 1. The van der Waals surface area contributed by atoms with Crippen molar-refractivity contribution in [1.82, 2.24) is 9.88 Å². The van der Waals surface area contributed by atoms with Crippen LogP contribution >= 0.6 is 0 Å². The number of amides is 1. The summed E-state index contributed by atoms with van der Waals surface area (Å²) in [6.45, 7) is 0.633. The van der Waals surface area contributed by atoms with E-state index in [1.165, 1.54) is 19.3 Å². The van der Waals surface area contributed by atoms with E-state index in [1.54, 1.807) is 14.2 Å². The number of benzene rings is 2. The summed E-state index contributed by atoms with van der Waals surface area (Å²) in [7, 11) is 3.24. The van der Waals surface area contributed by atoms with Gasteiger partial charge in [-0.15, -0.1) is 0 Å². The molecule has 0 unspecified atom stereocenters. The highest BCUT2D eigenvalue weighted by Crippen LogP contribution is 2.35. The molecule has 4 rings (SSSR count). The second kappa shape index (κ2) is 8.60. The molecule has 1 amide bonds. The fourth-order valence-electron chi connectivity index (χ4n) is 4.25. The quantitative estimate of drug-likeness (QED) is 0.657. The zero-order valence-electron chi connectivity index (χ0n) is 17.1. The van der Waals surface area contributed by atoms with Crippen LogP contribution in [-0.4, -0.2) is 30.7 Å². The minimum Gasteiger partial charge on any atom is -0.493 e. The molecular weight excluding hydrogens is 364 g/mol. The maximum atomic E-state index is 13.3. The third-order valence-electron chi connectivity index (χ3n) is 5.74. The Bertz CT molecular complexity index is 988. The predicted molar refractivity (Wildman–Crippen MR) is 115 cm³/mol. The lowest BCUT2D eigenvalue weighted by molar-refractivity contribution is 0.0920. The molecule has 2 aromatic carbocycles. The molecule has 0 bridgehead atoms. The number of ether oxygens (including phenoxy) is 2. The summed E-state index contributed by atoms with van der Waals surface area (Å²) in [6.07, 6.45) is 7.76. The van der Waals surface area contributed by atoms with Crippen molar-refractivity contribution in [2.45, 2.75) is 44.7 Å². The number of nitrogens with zero attached hydrogens (tertiary/aromatic N) is 1. The van der Waals surface area contributed by atoms with Gasteiger partial charge < -0.3 is 19.4 Å². The average molecular weight is 392 g/mol. The number of hydrogen-bond acceptors (Lipinski definition) is 3. The molecule has 1 fully saturated rings. The number of aromatic nitrogens is 1. The standard InChI is InChI=1S/C24H28N2O3/c1-28-21-13-18-16-26(15-17-9-5-3-6-10-17)23(20(18)14-22(21)29-2)24(27)25-19-11-7-4-8-12-19/h3,5-6,9-10,13-14,16,19H,4,7-8,11-12,15H2,1-2H3,(H,25,27). The number of methoxy groups -OCH3 is 2. The largest absolute Gasteiger partial charge is 0.493 e. The van der Waals surface area contributed by atoms with Gasteiger partial charge in [-0.1, -0.05) is 49.6 Å². The molecule has 3 aromatic rings. The van der Waals surface area contributed by atoms with E-state index in [-0.39, 0.29) is 11.9 Å². The summed E-state index contributed by atoms with van der Waals surface area (Å²) in [5.41, 5.74) is 1.83. The van der Waals surface area contributed by atoms with Crippen LogP contribution in [0.1, 0.15) is 48.2 Å². The van der Waals surface area contributed by atoms with E-state index in [4.69, 9.17) is 9.47 Å². The van der Waals surface area contributed by atoms with Crippen LogP contribution in [0.4, 0.5) is 0 Å². The van der Waals surface area contributed by atoms with E-state index in [9.17, 15) is 4.79 Å². The van der Waals surface area contributed by atoms with Crippen molar-refractivity contribution < 1.29 is 14.3 Å². The lowest BCUT2D eigenvalue weighted by Gasteiger charge is -2.23. The second-order valence-electron chi connectivity index (χ2n) is 7.69. The smallest absolute Gasteiger partial charge is 0.268 e. The van der Waals surface area contributed by atoms with E-state index >= 15 is 0 Å². The molecule has 1 N–H and O–H groups in total. The van der Waals surface area contributed by atoms with Crippen LogP contribution in [0.5, 0.6) is 11.5 Å². The van der Waals surface area contributed by atoms with Gasteiger partial charge in [-0.3, -0.25) is 4.79 Å². The number of hydrogen-bond donors (Lipinski definition) is 1. The highest BCUT2D eigenvalue weighted by Gasteiger charge is 2.23. The lowest BCUT2D eigenvalue weighted by Crippen LogP contribution is -2.37. The van der Waals surface area contributed by atoms with E-state index in [2.05, 4.69) is 17.4 Å². The van der Waals surface area contributed by atoms with Gasteiger partial charge in [0.1, 0.15) is 5.69 Å². The summed E-state index contributed by atoms with van der Waals surface area (Å²) in [5.74, 6) is 1.27. The molecule has 5 heteroatoms. The maximum Gasteiger partial charge on any atom is 0.268 e. The monoisotopic (exact) mass is 392 g/mol. The molecule has 1 aromatic heterocycles. The Balaban J connectivity index is 1.76. The topological polar surface area (TPSA) is 52.5 Å². The fourth-order valence-corrected chi connectivity index (χ4v) is 4.25. The van der Waals surface area contributed by atoms with Gasteiger partial charge in [0.15, 0.2) is 11.5 Å². The highest BCUT2D eigenvalue weighted by atomic mass is 16.5. The van der Waals surface area contributed by atoms with Crippen LogP contribution in [0.15, 0.2) is 48.7 Å². The first-order chi connectivity index (χ1) is 14.2. The Morgan fingerprint density at radius 3 is 2.41 bits per heavy atom. The molecule has 29 heavy (non-hydrogen) atoms. The second-order valence-corrected chi connectivity index (χ2v) is 7.69. The summed E-state index contributed by atoms with van der Waals surface area (Å²) < 4.78 is 13.0. The van der Waals surface area contributed by atoms with Gasteiger partial charge in [-0.2, -0.15) is 0 Å². The number of rotatable bonds is 6. The molecule has 1 aliphatic rings. The van der Waals surface area contributed by atoms with Crippen LogP contribution in [0.3, 0.4) is 0 Å². The number of nitrogens with one attached hydrogen (secondary N) is 1. The van der Waals surface area contributed by atoms with E-state index in [0.29, 0.717) is 23.7 Å². The molecule has 0 saturated heterocycles. The van der Waals surface area contributed by atoms with Crippen molar-refractivity contribution in [3.63, 3.8) is 0 Å². The summed E-state index contributed by atoms with van der Waals surface area (Å²) in [4.78, 5) is 13.3. The maximum absolute atomic E-state index is 13.3. The summed E-state index contributed by atoms with van der Waals surface area (Å²) in [5, 5.41) is 5.12. The van der Waals surface area contributed by atoms with E-state index < -0.39 is 0 Å². The minimum atomic E-state index is -0.0185. The number of carbonyl (C=O) groups is 1. The summed E-state index contributed by atoms with van der Waals surface area (Å²) >= 11 is 0. The molecule has 5 nitrogen and oxygen atoms in total. The molecule has 152 valence electrons. The van der Waals surface area contributed by atoms with Crippen molar-refractivity contribution in [3.05, 3.63) is 59.9 Å². The average Bonchev–Trinajstić information content (AvgIpc) is 3.10. The third kappa shape index (κ3) is 4.09. The number of fused-ring (bicyclic) bond motifs is 1. The zero-order chi connectivity index (χ0) is 20.2. The Labute approximate surface area is 171 Å². The van der Waals surface area contributed by atoms with Crippen molar-refractivity contribution >= 4 is 16.7 Å². The third-order valence-corrected chi connectivity index (χ3v) is 5.74. The van der Waals surface area contributed by atoms with Crippen molar-refractivity contribution in [2.75, 3.05) is 14.2 Å². The Hall–Kier alpha value is -2.95. The van der Waals surface area contributed by atoms with Crippen molar-refractivity contribution in [2.24, 2.45) is 0 Å². The van der Waals surface area contributed by atoms with Crippen molar-refractivity contribution in [1.29, 1.82) is 0 Å². The minimum absolute atomic E-state index is 0.0185. The first kappa shape index (κ1) is 19.4. The molecule has 0 spiro atoms. The van der Waals surface area contributed by atoms with Crippen LogP contribution in [0.2, 0.25) is 0 Å². The first-order valence-electron chi connectivity index (χ1n) is 10.3. The Kier molecular flexibility index (Phi) is 5.74. The van der Waals surface area contributed by atoms with E-state index in [0.717, 1.165) is 29.2 Å². The zero-order valence-corrected chi connectivity index (χ0v) is 17.1. The van der Waals surface area contributed by atoms with Gasteiger partial charge in [-0.05, 0) is 30.5 Å². The lowest BCUT2D eigenvalue weighted by atomic mass is 9.95. The predicted octanol–water partition coefficient (Wildman–Crippen LogP) is 4.77. The molecule has 0 aliphatic heterocycles. The van der Waals surface area contributed by atoms with Gasteiger partial charge >= 0.3 is 0 Å². The van der Waals surface area contributed by atoms with Crippen LogP contribution in [0, 0.1) is 0 Å². The molecule has 0 atom stereocenters. The molecule has 1 aliphatic carbocycles. The van der Waals surface area contributed by atoms with Gasteiger partial charge in [0.05, 0.1) is 14.2 Å².